The molecule has 21 heavy (non-hydrogen) atoms. The molecule has 2 aliphatic carbocycles. The maximum Gasteiger partial charge on any atom is 0.0970 e. The summed E-state index contributed by atoms with van der Waals surface area (Å²) in [5, 5.41) is 40.5. The van der Waals surface area contributed by atoms with Crippen molar-refractivity contribution in [2.75, 3.05) is 0 Å². The van der Waals surface area contributed by atoms with Crippen LogP contribution in [0.5, 0.6) is 0 Å². The second-order valence-electron chi connectivity index (χ2n) is 7.08. The highest BCUT2D eigenvalue weighted by Gasteiger charge is 2.50. The predicted molar refractivity (Wildman–Crippen MR) is 78.9 cm³/mol. The number of hydrogen-bond donors (Lipinski definition) is 4. The third-order valence-corrected chi connectivity index (χ3v) is 5.37. The van der Waals surface area contributed by atoms with Crippen LogP contribution in [0, 0.1) is 0 Å². The van der Waals surface area contributed by atoms with E-state index in [-0.39, 0.29) is 0 Å². The molecule has 2 saturated carbocycles. The molecule has 2 rings (SSSR count). The van der Waals surface area contributed by atoms with Crippen molar-refractivity contribution in [3.8, 4) is 0 Å². The third-order valence-electron chi connectivity index (χ3n) is 5.37. The van der Waals surface area contributed by atoms with Crippen molar-refractivity contribution in [2.45, 2.75) is 101 Å². The third kappa shape index (κ3) is 3.59. The van der Waals surface area contributed by atoms with Gasteiger partial charge in [-0.2, -0.15) is 0 Å². The van der Waals surface area contributed by atoms with Gasteiger partial charge in [-0.05, 0) is 52.4 Å². The zero-order chi connectivity index (χ0) is 15.7. The summed E-state index contributed by atoms with van der Waals surface area (Å²) in [6, 6.07) is 0. The molecule has 0 spiro atoms. The van der Waals surface area contributed by atoms with Gasteiger partial charge >= 0.3 is 0 Å². The standard InChI is InChI=1S/C16H30O5/c1-11(17)15(7-3-5-13(19)9-15)21-16(12(2)18)8-4-6-14(20)10-16/h11-14,17-20H,3-10H2,1-2H3. The summed E-state index contributed by atoms with van der Waals surface area (Å²) in [7, 11) is 0. The Morgan fingerprint density at radius 2 is 1.24 bits per heavy atom. The maximum absolute atomic E-state index is 10.3. The number of aliphatic hydroxyl groups excluding tert-OH is 4. The van der Waals surface area contributed by atoms with E-state index in [0.717, 1.165) is 25.7 Å². The second-order valence-corrected chi connectivity index (χ2v) is 7.08. The van der Waals surface area contributed by atoms with Gasteiger partial charge in [-0.3, -0.25) is 0 Å². The van der Waals surface area contributed by atoms with Gasteiger partial charge in [0.1, 0.15) is 0 Å². The van der Waals surface area contributed by atoms with Crippen LogP contribution in [0.1, 0.15) is 65.2 Å². The molecule has 6 unspecified atom stereocenters. The lowest BCUT2D eigenvalue weighted by Gasteiger charge is -2.51. The van der Waals surface area contributed by atoms with Gasteiger partial charge in [0.2, 0.25) is 0 Å². The average molecular weight is 302 g/mol. The summed E-state index contributed by atoms with van der Waals surface area (Å²) in [5.74, 6) is 0. The molecule has 0 radical (unpaired) electrons. The Hall–Kier alpha value is -0.200. The average Bonchev–Trinajstić information content (AvgIpc) is 2.38. The van der Waals surface area contributed by atoms with Crippen molar-refractivity contribution in [3.05, 3.63) is 0 Å². The molecular weight excluding hydrogens is 272 g/mol. The highest BCUT2D eigenvalue weighted by molar-refractivity contribution is 5.00. The molecule has 6 atom stereocenters. The van der Waals surface area contributed by atoms with Crippen molar-refractivity contribution in [3.63, 3.8) is 0 Å². The highest BCUT2D eigenvalue weighted by Crippen LogP contribution is 2.44. The Balaban J connectivity index is 2.24. The summed E-state index contributed by atoms with van der Waals surface area (Å²) < 4.78 is 6.35. The molecule has 5 heteroatoms. The number of aliphatic hydroxyl groups is 4. The Morgan fingerprint density at radius 1 is 0.857 bits per heavy atom. The van der Waals surface area contributed by atoms with E-state index in [2.05, 4.69) is 0 Å². The molecular formula is C16H30O5. The van der Waals surface area contributed by atoms with E-state index in [4.69, 9.17) is 4.74 Å². The van der Waals surface area contributed by atoms with Crippen molar-refractivity contribution >= 4 is 0 Å². The molecule has 5 nitrogen and oxygen atoms in total. The Bertz CT molecular complexity index is 314. The van der Waals surface area contributed by atoms with Crippen LogP contribution in [0.2, 0.25) is 0 Å². The lowest BCUT2D eigenvalue weighted by atomic mass is 9.75. The van der Waals surface area contributed by atoms with Crippen LogP contribution >= 0.6 is 0 Å². The molecule has 0 aromatic heterocycles. The summed E-state index contributed by atoms with van der Waals surface area (Å²) in [6.07, 6.45) is 2.76. The number of rotatable bonds is 4. The van der Waals surface area contributed by atoms with E-state index in [0.29, 0.717) is 25.7 Å². The summed E-state index contributed by atoms with van der Waals surface area (Å²) in [4.78, 5) is 0. The number of hydrogen-bond acceptors (Lipinski definition) is 5. The van der Waals surface area contributed by atoms with Crippen LogP contribution in [0.15, 0.2) is 0 Å². The van der Waals surface area contributed by atoms with Gasteiger partial charge in [-0.15, -0.1) is 0 Å². The minimum Gasteiger partial charge on any atom is -0.393 e. The van der Waals surface area contributed by atoms with Crippen molar-refractivity contribution in [2.24, 2.45) is 0 Å². The van der Waals surface area contributed by atoms with Gasteiger partial charge in [0.15, 0.2) is 0 Å². The van der Waals surface area contributed by atoms with E-state index in [9.17, 15) is 20.4 Å². The minimum absolute atomic E-state index is 0.384. The van der Waals surface area contributed by atoms with Gasteiger partial charge in [0, 0.05) is 12.8 Å². The van der Waals surface area contributed by atoms with Gasteiger partial charge < -0.3 is 25.2 Å². The maximum atomic E-state index is 10.3. The van der Waals surface area contributed by atoms with Crippen LogP contribution in [-0.4, -0.2) is 56.0 Å². The van der Waals surface area contributed by atoms with E-state index in [1.165, 1.54) is 0 Å². The molecule has 2 aliphatic rings. The van der Waals surface area contributed by atoms with Crippen LogP contribution in [0.4, 0.5) is 0 Å². The monoisotopic (exact) mass is 302 g/mol. The van der Waals surface area contributed by atoms with Crippen molar-refractivity contribution in [1.29, 1.82) is 0 Å². The smallest absolute Gasteiger partial charge is 0.0970 e. The first-order valence-electron chi connectivity index (χ1n) is 8.22. The Morgan fingerprint density at radius 3 is 1.52 bits per heavy atom. The van der Waals surface area contributed by atoms with Gasteiger partial charge in [-0.25, -0.2) is 0 Å². The van der Waals surface area contributed by atoms with Crippen LogP contribution in [-0.2, 0) is 4.74 Å². The molecule has 0 amide bonds. The Kier molecular flexibility index (Phi) is 5.31. The van der Waals surface area contributed by atoms with Crippen molar-refractivity contribution in [1.82, 2.24) is 0 Å². The lowest BCUT2D eigenvalue weighted by molar-refractivity contribution is -0.262. The summed E-state index contributed by atoms with van der Waals surface area (Å²) >= 11 is 0. The van der Waals surface area contributed by atoms with E-state index >= 15 is 0 Å². The normalized spacial score (nSPS) is 44.3. The fourth-order valence-corrected chi connectivity index (χ4v) is 4.00. The second kappa shape index (κ2) is 6.50. The highest BCUT2D eigenvalue weighted by atomic mass is 16.5. The SMILES string of the molecule is CC(O)C1(OC2(C(C)O)CCCC(O)C2)CCCC(O)C1. The van der Waals surface area contributed by atoms with Gasteiger partial charge in [0.05, 0.1) is 35.6 Å². The van der Waals surface area contributed by atoms with E-state index < -0.39 is 35.6 Å². The van der Waals surface area contributed by atoms with Crippen LogP contribution < -0.4 is 0 Å². The zero-order valence-corrected chi connectivity index (χ0v) is 13.2. The fraction of sp³-hybridized carbons (Fsp3) is 1.00. The summed E-state index contributed by atoms with van der Waals surface area (Å²) in [6.45, 7) is 3.38. The minimum atomic E-state index is -0.828. The predicted octanol–water partition coefficient (Wildman–Crippen LogP) is 1.11. The molecule has 0 aliphatic heterocycles. The molecule has 4 N–H and O–H groups in total. The molecule has 0 saturated heterocycles. The van der Waals surface area contributed by atoms with Crippen LogP contribution in [0.3, 0.4) is 0 Å². The summed E-state index contributed by atoms with van der Waals surface area (Å²) in [5.41, 5.74) is -1.66. The Labute approximate surface area is 126 Å². The first-order chi connectivity index (χ1) is 9.80. The zero-order valence-electron chi connectivity index (χ0n) is 13.2. The quantitative estimate of drug-likeness (QED) is 0.625. The largest absolute Gasteiger partial charge is 0.393 e. The first-order valence-corrected chi connectivity index (χ1v) is 8.22. The molecule has 0 bridgehead atoms. The molecule has 0 aromatic rings. The van der Waals surface area contributed by atoms with E-state index in [1.54, 1.807) is 13.8 Å². The van der Waals surface area contributed by atoms with Gasteiger partial charge in [0.25, 0.3) is 0 Å². The molecule has 2 fully saturated rings. The van der Waals surface area contributed by atoms with Gasteiger partial charge in [-0.1, -0.05) is 0 Å². The lowest BCUT2D eigenvalue weighted by Crippen LogP contribution is -2.59. The topological polar surface area (TPSA) is 90.2 Å². The fourth-order valence-electron chi connectivity index (χ4n) is 4.00. The molecule has 0 heterocycles. The van der Waals surface area contributed by atoms with E-state index in [1.807, 2.05) is 0 Å². The van der Waals surface area contributed by atoms with Crippen LogP contribution in [0.25, 0.3) is 0 Å². The number of ether oxygens (including phenoxy) is 1. The first kappa shape index (κ1) is 17.2. The molecule has 124 valence electrons. The van der Waals surface area contributed by atoms with Crippen molar-refractivity contribution < 1.29 is 25.2 Å². The molecule has 0 aromatic carbocycles.